The van der Waals surface area contributed by atoms with Crippen LogP contribution in [0.3, 0.4) is 0 Å². The van der Waals surface area contributed by atoms with Gasteiger partial charge in [0.05, 0.1) is 17.7 Å². The SMILES string of the molecule is C=CC(NCc1ccco1)S(=O)(=O)c1ccc2c(c1)C=CC(C(F)(F)F)O2. The highest BCUT2D eigenvalue weighted by Gasteiger charge is 2.41. The lowest BCUT2D eigenvalue weighted by Crippen LogP contribution is -2.35. The van der Waals surface area contributed by atoms with Crippen LogP contribution in [0.2, 0.25) is 0 Å². The molecule has 2 heterocycles. The minimum absolute atomic E-state index is 0.0301. The van der Waals surface area contributed by atoms with E-state index in [1.54, 1.807) is 12.1 Å². The molecule has 0 fully saturated rings. The molecule has 9 heteroatoms. The van der Waals surface area contributed by atoms with Crippen LogP contribution in [0.15, 0.2) is 64.6 Å². The third-order valence-corrected chi connectivity index (χ3v) is 5.88. The van der Waals surface area contributed by atoms with Gasteiger partial charge in [-0.05, 0) is 36.4 Å². The zero-order valence-electron chi connectivity index (χ0n) is 13.9. The van der Waals surface area contributed by atoms with E-state index in [1.165, 1.54) is 36.6 Å². The molecule has 5 nitrogen and oxygen atoms in total. The van der Waals surface area contributed by atoms with Crippen LogP contribution in [-0.2, 0) is 16.4 Å². The van der Waals surface area contributed by atoms with Crippen molar-refractivity contribution in [3.63, 3.8) is 0 Å². The molecule has 1 aliphatic heterocycles. The number of alkyl halides is 3. The van der Waals surface area contributed by atoms with Crippen LogP contribution in [-0.4, -0.2) is 26.1 Å². The first-order chi connectivity index (χ1) is 12.7. The van der Waals surface area contributed by atoms with E-state index in [9.17, 15) is 21.6 Å². The zero-order valence-corrected chi connectivity index (χ0v) is 14.8. The highest BCUT2D eigenvalue weighted by molar-refractivity contribution is 7.92. The van der Waals surface area contributed by atoms with Gasteiger partial charge in [0.1, 0.15) is 16.9 Å². The van der Waals surface area contributed by atoms with Crippen molar-refractivity contribution in [3.05, 3.63) is 66.6 Å². The average molecular weight is 399 g/mol. The maximum atomic E-state index is 12.8. The molecule has 0 radical (unpaired) electrons. The second-order valence-electron chi connectivity index (χ2n) is 5.80. The molecule has 0 aliphatic carbocycles. The summed E-state index contributed by atoms with van der Waals surface area (Å²) in [4.78, 5) is -0.0585. The third kappa shape index (κ3) is 4.09. The molecule has 1 aromatic carbocycles. The number of ether oxygens (including phenoxy) is 1. The Hall–Kier alpha value is -2.52. The van der Waals surface area contributed by atoms with Gasteiger partial charge in [-0.2, -0.15) is 13.2 Å². The standard InChI is InChI=1S/C18H16F3NO4S/c1-2-17(22-11-13-4-3-9-25-13)27(23,24)14-6-7-15-12(10-14)5-8-16(26-15)18(19,20)21/h2-10,16-17,22H,1,11H2. The minimum atomic E-state index is -4.54. The van der Waals surface area contributed by atoms with E-state index >= 15 is 0 Å². The summed E-state index contributed by atoms with van der Waals surface area (Å²) in [5, 5.41) is 1.72. The fraction of sp³-hybridized carbons (Fsp3) is 0.222. The Kier molecular flexibility index (Phi) is 5.16. The number of furan rings is 1. The van der Waals surface area contributed by atoms with Gasteiger partial charge in [0, 0.05) is 5.56 Å². The zero-order chi connectivity index (χ0) is 19.7. The molecule has 1 aliphatic rings. The van der Waals surface area contributed by atoms with Crippen molar-refractivity contribution >= 4 is 15.9 Å². The molecule has 27 heavy (non-hydrogen) atoms. The van der Waals surface area contributed by atoms with Crippen LogP contribution in [0.5, 0.6) is 5.75 Å². The summed E-state index contributed by atoms with van der Waals surface area (Å²) in [6.07, 6.45) is -1.83. The van der Waals surface area contributed by atoms with E-state index in [2.05, 4.69) is 11.9 Å². The summed E-state index contributed by atoms with van der Waals surface area (Å²) in [5.74, 6) is 0.523. The fourth-order valence-electron chi connectivity index (χ4n) is 2.56. The number of benzene rings is 1. The number of sulfone groups is 1. The van der Waals surface area contributed by atoms with Crippen molar-refractivity contribution in [3.8, 4) is 5.75 Å². The van der Waals surface area contributed by atoms with Gasteiger partial charge in [-0.15, -0.1) is 6.58 Å². The molecule has 0 spiro atoms. The van der Waals surface area contributed by atoms with E-state index in [0.717, 1.165) is 6.08 Å². The van der Waals surface area contributed by atoms with Crippen LogP contribution < -0.4 is 10.1 Å². The van der Waals surface area contributed by atoms with E-state index in [0.29, 0.717) is 5.76 Å². The number of nitrogens with one attached hydrogen (secondary N) is 1. The largest absolute Gasteiger partial charge is 0.476 e. The van der Waals surface area contributed by atoms with E-state index in [-0.39, 0.29) is 22.8 Å². The number of hydrogen-bond acceptors (Lipinski definition) is 5. The van der Waals surface area contributed by atoms with Crippen LogP contribution in [0, 0.1) is 0 Å². The number of fused-ring (bicyclic) bond motifs is 1. The maximum Gasteiger partial charge on any atom is 0.429 e. The van der Waals surface area contributed by atoms with Gasteiger partial charge in [0.25, 0.3) is 0 Å². The van der Waals surface area contributed by atoms with Crippen molar-refractivity contribution in [2.45, 2.75) is 29.1 Å². The number of rotatable bonds is 6. The van der Waals surface area contributed by atoms with E-state index in [1.807, 2.05) is 0 Å². The molecule has 1 aromatic heterocycles. The smallest absolute Gasteiger partial charge is 0.429 e. The lowest BCUT2D eigenvalue weighted by atomic mass is 10.1. The van der Waals surface area contributed by atoms with Gasteiger partial charge >= 0.3 is 6.18 Å². The number of hydrogen-bond donors (Lipinski definition) is 1. The van der Waals surface area contributed by atoms with Crippen molar-refractivity contribution in [2.24, 2.45) is 0 Å². The van der Waals surface area contributed by atoms with Gasteiger partial charge in [0.15, 0.2) is 9.84 Å². The summed E-state index contributed by atoms with van der Waals surface area (Å²) in [6, 6.07) is 7.08. The normalized spacial score (nSPS) is 17.8. The molecule has 0 saturated carbocycles. The van der Waals surface area contributed by atoms with Crippen molar-refractivity contribution in [1.82, 2.24) is 5.32 Å². The lowest BCUT2D eigenvalue weighted by Gasteiger charge is -2.24. The summed E-state index contributed by atoms with van der Waals surface area (Å²) in [5.41, 5.74) is 0.255. The summed E-state index contributed by atoms with van der Waals surface area (Å²) in [7, 11) is -3.86. The predicted octanol–water partition coefficient (Wildman–Crippen LogP) is 3.69. The molecular formula is C18H16F3NO4S. The molecule has 3 rings (SSSR count). The van der Waals surface area contributed by atoms with E-state index < -0.39 is 27.5 Å². The van der Waals surface area contributed by atoms with Crippen molar-refractivity contribution in [1.29, 1.82) is 0 Å². The lowest BCUT2D eigenvalue weighted by molar-refractivity contribution is -0.180. The molecule has 0 amide bonds. The molecule has 2 unspecified atom stereocenters. The fourth-order valence-corrected chi connectivity index (χ4v) is 3.96. The Balaban J connectivity index is 1.82. The summed E-state index contributed by atoms with van der Waals surface area (Å²) < 4.78 is 74.0. The Bertz CT molecular complexity index is 949. The molecule has 2 atom stereocenters. The second-order valence-corrected chi connectivity index (χ2v) is 7.87. The topological polar surface area (TPSA) is 68.5 Å². The third-order valence-electron chi connectivity index (χ3n) is 3.94. The monoisotopic (exact) mass is 399 g/mol. The highest BCUT2D eigenvalue weighted by Crippen LogP contribution is 2.34. The summed E-state index contributed by atoms with van der Waals surface area (Å²) in [6.45, 7) is 3.71. The average Bonchev–Trinajstić information content (AvgIpc) is 3.14. The predicted molar refractivity (Wildman–Crippen MR) is 92.7 cm³/mol. The Labute approximate surface area is 154 Å². The van der Waals surface area contributed by atoms with Gasteiger partial charge in [0.2, 0.25) is 6.10 Å². The van der Waals surface area contributed by atoms with Gasteiger partial charge in [-0.1, -0.05) is 12.2 Å². The first-order valence-corrected chi connectivity index (χ1v) is 9.44. The molecule has 144 valence electrons. The first-order valence-electron chi connectivity index (χ1n) is 7.89. The van der Waals surface area contributed by atoms with Gasteiger partial charge in [-0.25, -0.2) is 8.42 Å². The quantitative estimate of drug-likeness (QED) is 0.751. The molecular weight excluding hydrogens is 383 g/mol. The van der Waals surface area contributed by atoms with Crippen LogP contribution in [0.1, 0.15) is 11.3 Å². The van der Waals surface area contributed by atoms with Crippen LogP contribution >= 0.6 is 0 Å². The van der Waals surface area contributed by atoms with Crippen LogP contribution in [0.25, 0.3) is 6.08 Å². The maximum absolute atomic E-state index is 12.8. The van der Waals surface area contributed by atoms with Crippen molar-refractivity contribution < 1.29 is 30.7 Å². The molecule has 1 N–H and O–H groups in total. The van der Waals surface area contributed by atoms with Gasteiger partial charge in [-0.3, -0.25) is 5.32 Å². The summed E-state index contributed by atoms with van der Waals surface area (Å²) >= 11 is 0. The van der Waals surface area contributed by atoms with E-state index in [4.69, 9.17) is 9.15 Å². The molecule has 0 saturated heterocycles. The molecule has 2 aromatic rings. The highest BCUT2D eigenvalue weighted by atomic mass is 32.2. The molecule has 0 bridgehead atoms. The Morgan fingerprint density at radius 2 is 2.07 bits per heavy atom. The van der Waals surface area contributed by atoms with Crippen LogP contribution in [0.4, 0.5) is 13.2 Å². The Morgan fingerprint density at radius 3 is 2.70 bits per heavy atom. The second kappa shape index (κ2) is 7.24. The first kappa shape index (κ1) is 19.2. The van der Waals surface area contributed by atoms with Gasteiger partial charge < -0.3 is 9.15 Å². The Morgan fingerprint density at radius 1 is 1.30 bits per heavy atom. The number of halogens is 3. The minimum Gasteiger partial charge on any atom is -0.476 e. The van der Waals surface area contributed by atoms with Crippen molar-refractivity contribution in [2.75, 3.05) is 0 Å².